The molecule has 86 valence electrons. The second-order valence-corrected chi connectivity index (χ2v) is 3.79. The van der Waals surface area contributed by atoms with Crippen molar-refractivity contribution in [2.45, 2.75) is 25.2 Å². The van der Waals surface area contributed by atoms with Gasteiger partial charge in [0.2, 0.25) is 11.7 Å². The highest BCUT2D eigenvalue weighted by molar-refractivity contribution is 5.90. The lowest BCUT2D eigenvalue weighted by Gasteiger charge is -1.98. The Hall–Kier alpha value is -1.92. The Balaban J connectivity index is 1.85. The van der Waals surface area contributed by atoms with E-state index in [9.17, 15) is 9.59 Å². The number of nitrogens with one attached hydrogen (secondary N) is 2. The maximum atomic E-state index is 11.5. The summed E-state index contributed by atoms with van der Waals surface area (Å²) in [5.41, 5.74) is 4.94. The number of nitrogens with two attached hydrogens (primary N) is 1. The summed E-state index contributed by atoms with van der Waals surface area (Å²) in [6.07, 6.45) is 2.31. The minimum Gasteiger partial charge on any atom is -0.370 e. The molecule has 0 radical (unpaired) electrons. The number of H-pyrrole nitrogens is 1. The monoisotopic (exact) mass is 223 g/mol. The van der Waals surface area contributed by atoms with Crippen LogP contribution in [0.2, 0.25) is 0 Å². The van der Waals surface area contributed by atoms with Gasteiger partial charge in [-0.25, -0.2) is 4.98 Å². The maximum Gasteiger partial charge on any atom is 0.290 e. The molecule has 0 atom stereocenters. The van der Waals surface area contributed by atoms with Gasteiger partial charge in [-0.05, 0) is 12.8 Å². The van der Waals surface area contributed by atoms with Crippen molar-refractivity contribution in [3.63, 3.8) is 0 Å². The van der Waals surface area contributed by atoms with Crippen molar-refractivity contribution in [1.82, 2.24) is 20.5 Å². The first-order valence-corrected chi connectivity index (χ1v) is 5.15. The fourth-order valence-corrected chi connectivity index (χ4v) is 1.29. The molecule has 16 heavy (non-hydrogen) atoms. The van der Waals surface area contributed by atoms with Gasteiger partial charge in [0, 0.05) is 18.9 Å². The minimum absolute atomic E-state index is 0.117. The van der Waals surface area contributed by atoms with E-state index in [1.165, 1.54) is 0 Å². The summed E-state index contributed by atoms with van der Waals surface area (Å²) < 4.78 is 0. The van der Waals surface area contributed by atoms with Crippen LogP contribution in [-0.2, 0) is 4.79 Å². The van der Waals surface area contributed by atoms with Crippen LogP contribution in [0.3, 0.4) is 0 Å². The van der Waals surface area contributed by atoms with Gasteiger partial charge in [0.25, 0.3) is 5.91 Å². The number of carbonyl (C=O) groups is 2. The van der Waals surface area contributed by atoms with E-state index in [1.807, 2.05) is 0 Å². The smallest absolute Gasteiger partial charge is 0.290 e. The van der Waals surface area contributed by atoms with Crippen LogP contribution >= 0.6 is 0 Å². The van der Waals surface area contributed by atoms with E-state index in [0.717, 1.165) is 18.7 Å². The number of amides is 2. The van der Waals surface area contributed by atoms with Crippen molar-refractivity contribution in [2.24, 2.45) is 5.73 Å². The number of nitrogens with zero attached hydrogens (tertiary/aromatic N) is 2. The first-order valence-electron chi connectivity index (χ1n) is 5.15. The maximum absolute atomic E-state index is 11.5. The van der Waals surface area contributed by atoms with Crippen molar-refractivity contribution >= 4 is 11.8 Å². The van der Waals surface area contributed by atoms with Gasteiger partial charge in [-0.2, -0.15) is 0 Å². The van der Waals surface area contributed by atoms with Crippen molar-refractivity contribution in [2.75, 3.05) is 6.54 Å². The lowest BCUT2D eigenvalue weighted by molar-refractivity contribution is -0.117. The van der Waals surface area contributed by atoms with Crippen LogP contribution in [0.4, 0.5) is 0 Å². The lowest BCUT2D eigenvalue weighted by Crippen LogP contribution is -2.28. The van der Waals surface area contributed by atoms with Crippen LogP contribution in [0.15, 0.2) is 0 Å². The molecule has 1 aromatic rings. The average Bonchev–Trinajstić information content (AvgIpc) is 2.96. The summed E-state index contributed by atoms with van der Waals surface area (Å²) in [7, 11) is 0. The largest absolute Gasteiger partial charge is 0.370 e. The van der Waals surface area contributed by atoms with Gasteiger partial charge >= 0.3 is 0 Å². The zero-order chi connectivity index (χ0) is 11.5. The van der Waals surface area contributed by atoms with Crippen LogP contribution in [0.25, 0.3) is 0 Å². The third kappa shape index (κ3) is 2.56. The molecule has 0 unspecified atom stereocenters. The van der Waals surface area contributed by atoms with E-state index in [4.69, 9.17) is 5.73 Å². The number of carbonyl (C=O) groups excluding carboxylic acids is 2. The highest BCUT2D eigenvalue weighted by atomic mass is 16.2. The highest BCUT2D eigenvalue weighted by Crippen LogP contribution is 2.37. The number of hydrogen-bond acceptors (Lipinski definition) is 4. The van der Waals surface area contributed by atoms with Crippen LogP contribution in [0.5, 0.6) is 0 Å². The predicted octanol–water partition coefficient (Wildman–Crippen LogP) is -0.713. The number of aromatic nitrogens is 3. The second kappa shape index (κ2) is 4.30. The molecule has 7 nitrogen and oxygen atoms in total. The molecule has 0 saturated heterocycles. The zero-order valence-electron chi connectivity index (χ0n) is 8.69. The van der Waals surface area contributed by atoms with Crippen LogP contribution in [0, 0.1) is 0 Å². The first-order chi connectivity index (χ1) is 7.66. The first kappa shape index (κ1) is 10.6. The molecule has 0 aliphatic heterocycles. The van der Waals surface area contributed by atoms with Crippen LogP contribution in [0.1, 0.15) is 41.6 Å². The number of aromatic amines is 1. The van der Waals surface area contributed by atoms with E-state index in [-0.39, 0.29) is 24.7 Å². The molecule has 1 aliphatic carbocycles. The Morgan fingerprint density at radius 2 is 2.25 bits per heavy atom. The molecule has 2 rings (SSSR count). The quantitative estimate of drug-likeness (QED) is 0.611. The summed E-state index contributed by atoms with van der Waals surface area (Å²) in [6, 6.07) is 0. The van der Waals surface area contributed by atoms with Gasteiger partial charge in [0.15, 0.2) is 0 Å². The zero-order valence-corrected chi connectivity index (χ0v) is 8.69. The fraction of sp³-hybridized carbons (Fsp3) is 0.556. The number of rotatable bonds is 5. The molecule has 1 fully saturated rings. The van der Waals surface area contributed by atoms with E-state index < -0.39 is 5.91 Å². The summed E-state index contributed by atoms with van der Waals surface area (Å²) >= 11 is 0. The Morgan fingerprint density at radius 1 is 1.50 bits per heavy atom. The van der Waals surface area contributed by atoms with Gasteiger partial charge in [-0.3, -0.25) is 14.7 Å². The molecular formula is C9H13N5O2. The standard InChI is InChI=1S/C9H13N5O2/c10-6(15)3-4-11-9(16)8-12-7(13-14-8)5-1-2-5/h5H,1-4H2,(H2,10,15)(H,11,16)(H,12,13,14). The van der Waals surface area contributed by atoms with Crippen molar-refractivity contribution in [3.05, 3.63) is 11.6 Å². The summed E-state index contributed by atoms with van der Waals surface area (Å²) in [4.78, 5) is 26.0. The summed E-state index contributed by atoms with van der Waals surface area (Å²) in [6.45, 7) is 0.210. The van der Waals surface area contributed by atoms with Gasteiger partial charge in [-0.15, -0.1) is 5.10 Å². The molecule has 0 aromatic carbocycles. The van der Waals surface area contributed by atoms with E-state index in [1.54, 1.807) is 0 Å². The third-order valence-corrected chi connectivity index (χ3v) is 2.33. The van der Waals surface area contributed by atoms with Crippen molar-refractivity contribution in [1.29, 1.82) is 0 Å². The van der Waals surface area contributed by atoms with Crippen molar-refractivity contribution in [3.8, 4) is 0 Å². The highest BCUT2D eigenvalue weighted by Gasteiger charge is 2.28. The molecule has 1 heterocycles. The normalized spacial score (nSPS) is 14.8. The van der Waals surface area contributed by atoms with Gasteiger partial charge < -0.3 is 11.1 Å². The molecular weight excluding hydrogens is 210 g/mol. The van der Waals surface area contributed by atoms with Gasteiger partial charge in [-0.1, -0.05) is 0 Å². The summed E-state index contributed by atoms with van der Waals surface area (Å²) in [5, 5.41) is 9.06. The van der Waals surface area contributed by atoms with E-state index in [2.05, 4.69) is 20.5 Å². The Morgan fingerprint density at radius 3 is 2.88 bits per heavy atom. The molecule has 1 aromatic heterocycles. The lowest BCUT2D eigenvalue weighted by atomic mass is 10.4. The Labute approximate surface area is 91.8 Å². The fourth-order valence-electron chi connectivity index (χ4n) is 1.29. The molecule has 0 bridgehead atoms. The van der Waals surface area contributed by atoms with Crippen molar-refractivity contribution < 1.29 is 9.59 Å². The van der Waals surface area contributed by atoms with Gasteiger partial charge in [0.05, 0.1) is 0 Å². The average molecular weight is 223 g/mol. The SMILES string of the molecule is NC(=O)CCNC(=O)c1n[nH]c(C2CC2)n1. The molecule has 7 heteroatoms. The minimum atomic E-state index is -0.450. The Kier molecular flexibility index (Phi) is 2.84. The van der Waals surface area contributed by atoms with E-state index in [0.29, 0.717) is 5.92 Å². The predicted molar refractivity (Wildman–Crippen MR) is 54.5 cm³/mol. The van der Waals surface area contributed by atoms with Gasteiger partial charge in [0.1, 0.15) is 5.82 Å². The van der Waals surface area contributed by atoms with Crippen LogP contribution in [-0.4, -0.2) is 33.5 Å². The Bertz CT molecular complexity index is 410. The number of primary amides is 1. The molecule has 0 spiro atoms. The third-order valence-electron chi connectivity index (χ3n) is 2.33. The topological polar surface area (TPSA) is 114 Å². The molecule has 4 N–H and O–H groups in total. The second-order valence-electron chi connectivity index (χ2n) is 3.79. The molecule has 2 amide bonds. The van der Waals surface area contributed by atoms with E-state index >= 15 is 0 Å². The summed E-state index contributed by atoms with van der Waals surface area (Å²) in [5.74, 6) is 0.476. The van der Waals surface area contributed by atoms with Crippen LogP contribution < -0.4 is 11.1 Å². The molecule has 1 saturated carbocycles. The number of hydrogen-bond donors (Lipinski definition) is 3. The molecule has 1 aliphatic rings.